The zero-order valence-electron chi connectivity index (χ0n) is 8.43. The molecular weight excluding hydrogens is 160 g/mol. The fraction of sp³-hybridized carbons (Fsp3) is 0.455. The maximum atomic E-state index is 5.51. The molecule has 0 aliphatic rings. The zero-order valence-corrected chi connectivity index (χ0v) is 8.43. The van der Waals surface area contributed by atoms with Gasteiger partial charge in [-0.15, -0.1) is 0 Å². The first-order chi connectivity index (χ1) is 6.31. The van der Waals surface area contributed by atoms with Gasteiger partial charge in [-0.2, -0.15) is 0 Å². The van der Waals surface area contributed by atoms with E-state index in [0.29, 0.717) is 0 Å². The first kappa shape index (κ1) is 10.1. The Morgan fingerprint density at radius 2 is 2.15 bits per heavy atom. The molecule has 0 amide bonds. The van der Waals surface area contributed by atoms with E-state index in [-0.39, 0.29) is 0 Å². The lowest BCUT2D eigenvalue weighted by Crippen LogP contribution is -2.03. The summed E-state index contributed by atoms with van der Waals surface area (Å²) in [6.07, 6.45) is 2.03. The van der Waals surface area contributed by atoms with Gasteiger partial charge in [0.2, 0.25) is 0 Å². The molecule has 0 aliphatic heterocycles. The van der Waals surface area contributed by atoms with Crippen LogP contribution >= 0.6 is 0 Å². The molecule has 0 aromatic heterocycles. The molecule has 0 spiro atoms. The van der Waals surface area contributed by atoms with Gasteiger partial charge in [-0.3, -0.25) is 0 Å². The Labute approximate surface area is 80.1 Å². The molecule has 1 aromatic rings. The van der Waals surface area contributed by atoms with Crippen molar-refractivity contribution in [3.63, 3.8) is 0 Å². The number of nitrogens with two attached hydrogens (primary N) is 1. The molecule has 1 aromatic carbocycles. The van der Waals surface area contributed by atoms with Crippen molar-refractivity contribution in [3.05, 3.63) is 29.3 Å². The molecule has 72 valence electrons. The van der Waals surface area contributed by atoms with Gasteiger partial charge in [0.05, 0.1) is 0 Å². The predicted molar refractivity (Wildman–Crippen MR) is 58.1 cm³/mol. The van der Waals surface area contributed by atoms with Crippen LogP contribution in [0.3, 0.4) is 0 Å². The number of aryl methyl sites for hydroxylation is 1. The van der Waals surface area contributed by atoms with E-state index in [4.69, 9.17) is 5.73 Å². The number of hydrogen-bond acceptors (Lipinski definition) is 2. The predicted octanol–water partition coefficient (Wildman–Crippen LogP) is 1.79. The molecule has 13 heavy (non-hydrogen) atoms. The number of anilines is 1. The van der Waals surface area contributed by atoms with Gasteiger partial charge in [0.1, 0.15) is 0 Å². The summed E-state index contributed by atoms with van der Waals surface area (Å²) in [4.78, 5) is 0. The lowest BCUT2D eigenvalue weighted by Gasteiger charge is -2.09. The lowest BCUT2D eigenvalue weighted by atomic mass is 10.0. The van der Waals surface area contributed by atoms with Crippen LogP contribution in [0.25, 0.3) is 0 Å². The molecule has 0 heterocycles. The highest BCUT2D eigenvalue weighted by molar-refractivity contribution is 5.52. The second-order valence-corrected chi connectivity index (χ2v) is 3.13. The maximum Gasteiger partial charge on any atom is 0.0370 e. The SMILES string of the molecule is CCc1cc(CCN)ccc1NC. The topological polar surface area (TPSA) is 38.0 Å². The van der Waals surface area contributed by atoms with Crippen LogP contribution in [-0.4, -0.2) is 13.6 Å². The Balaban J connectivity index is 2.91. The van der Waals surface area contributed by atoms with Gasteiger partial charge in [0.15, 0.2) is 0 Å². The standard InChI is InChI=1S/C11H18N2/c1-3-10-8-9(6-7-12)4-5-11(10)13-2/h4-5,8,13H,3,6-7,12H2,1-2H3. The molecule has 0 fully saturated rings. The van der Waals surface area contributed by atoms with Gasteiger partial charge < -0.3 is 11.1 Å². The normalized spacial score (nSPS) is 10.1. The minimum absolute atomic E-state index is 0.724. The Kier molecular flexibility index (Phi) is 3.77. The van der Waals surface area contributed by atoms with Crippen LogP contribution in [-0.2, 0) is 12.8 Å². The second kappa shape index (κ2) is 4.87. The van der Waals surface area contributed by atoms with Crippen LogP contribution in [0.15, 0.2) is 18.2 Å². The van der Waals surface area contributed by atoms with E-state index < -0.39 is 0 Å². The van der Waals surface area contributed by atoms with Crippen molar-refractivity contribution in [2.75, 3.05) is 18.9 Å². The summed E-state index contributed by atoms with van der Waals surface area (Å²) in [5, 5.41) is 3.18. The van der Waals surface area contributed by atoms with Gasteiger partial charge in [-0.25, -0.2) is 0 Å². The van der Waals surface area contributed by atoms with Crippen molar-refractivity contribution >= 4 is 5.69 Å². The number of hydrogen-bond donors (Lipinski definition) is 2. The zero-order chi connectivity index (χ0) is 9.68. The Morgan fingerprint density at radius 3 is 2.69 bits per heavy atom. The van der Waals surface area contributed by atoms with Crippen LogP contribution in [0.1, 0.15) is 18.1 Å². The van der Waals surface area contributed by atoms with E-state index in [0.717, 1.165) is 19.4 Å². The van der Waals surface area contributed by atoms with Crippen LogP contribution < -0.4 is 11.1 Å². The number of rotatable bonds is 4. The highest BCUT2D eigenvalue weighted by Gasteiger charge is 1.99. The summed E-state index contributed by atoms with van der Waals surface area (Å²) in [7, 11) is 1.96. The molecule has 0 atom stereocenters. The van der Waals surface area contributed by atoms with Crippen molar-refractivity contribution < 1.29 is 0 Å². The molecule has 0 radical (unpaired) electrons. The molecular formula is C11H18N2. The highest BCUT2D eigenvalue weighted by Crippen LogP contribution is 2.17. The van der Waals surface area contributed by atoms with Crippen LogP contribution in [0.2, 0.25) is 0 Å². The smallest absolute Gasteiger partial charge is 0.0370 e. The minimum Gasteiger partial charge on any atom is -0.388 e. The van der Waals surface area contributed by atoms with Crippen LogP contribution in [0.5, 0.6) is 0 Å². The summed E-state index contributed by atoms with van der Waals surface area (Å²) in [5.74, 6) is 0. The summed E-state index contributed by atoms with van der Waals surface area (Å²) < 4.78 is 0. The van der Waals surface area contributed by atoms with E-state index in [1.54, 1.807) is 0 Å². The van der Waals surface area contributed by atoms with E-state index >= 15 is 0 Å². The monoisotopic (exact) mass is 178 g/mol. The van der Waals surface area contributed by atoms with Gasteiger partial charge in [0, 0.05) is 12.7 Å². The number of benzene rings is 1. The maximum absolute atomic E-state index is 5.51. The van der Waals surface area contributed by atoms with Crippen LogP contribution in [0, 0.1) is 0 Å². The molecule has 1 rings (SSSR count). The first-order valence-corrected chi connectivity index (χ1v) is 4.81. The van der Waals surface area contributed by atoms with Crippen molar-refractivity contribution in [1.82, 2.24) is 0 Å². The van der Waals surface area contributed by atoms with Crippen molar-refractivity contribution in [2.24, 2.45) is 5.73 Å². The largest absolute Gasteiger partial charge is 0.388 e. The molecule has 0 saturated carbocycles. The van der Waals surface area contributed by atoms with Crippen molar-refractivity contribution in [2.45, 2.75) is 19.8 Å². The second-order valence-electron chi connectivity index (χ2n) is 3.13. The van der Waals surface area contributed by atoms with E-state index in [1.807, 2.05) is 7.05 Å². The third kappa shape index (κ3) is 2.46. The Morgan fingerprint density at radius 1 is 1.38 bits per heavy atom. The summed E-state index contributed by atoms with van der Waals surface area (Å²) in [6.45, 7) is 2.89. The Bertz CT molecular complexity index is 269. The molecule has 3 N–H and O–H groups in total. The fourth-order valence-electron chi connectivity index (χ4n) is 1.51. The minimum atomic E-state index is 0.724. The first-order valence-electron chi connectivity index (χ1n) is 4.81. The molecule has 0 saturated heterocycles. The average Bonchev–Trinajstić information content (AvgIpc) is 2.18. The molecule has 0 bridgehead atoms. The summed E-state index contributed by atoms with van der Waals surface area (Å²) in [5.41, 5.74) is 9.43. The quantitative estimate of drug-likeness (QED) is 0.737. The van der Waals surface area contributed by atoms with Gasteiger partial charge in [0.25, 0.3) is 0 Å². The fourth-order valence-corrected chi connectivity index (χ4v) is 1.51. The number of nitrogens with one attached hydrogen (secondary N) is 1. The third-order valence-electron chi connectivity index (χ3n) is 2.25. The van der Waals surface area contributed by atoms with Crippen LogP contribution in [0.4, 0.5) is 5.69 Å². The lowest BCUT2D eigenvalue weighted by molar-refractivity contribution is 0.962. The van der Waals surface area contributed by atoms with Gasteiger partial charge in [-0.05, 0) is 36.6 Å². The average molecular weight is 178 g/mol. The molecule has 0 unspecified atom stereocenters. The van der Waals surface area contributed by atoms with E-state index in [2.05, 4.69) is 30.4 Å². The van der Waals surface area contributed by atoms with E-state index in [9.17, 15) is 0 Å². The molecule has 2 heteroatoms. The summed E-state index contributed by atoms with van der Waals surface area (Å²) in [6, 6.07) is 6.50. The molecule has 2 nitrogen and oxygen atoms in total. The van der Waals surface area contributed by atoms with Crippen molar-refractivity contribution in [3.8, 4) is 0 Å². The van der Waals surface area contributed by atoms with Gasteiger partial charge >= 0.3 is 0 Å². The van der Waals surface area contributed by atoms with E-state index in [1.165, 1.54) is 16.8 Å². The van der Waals surface area contributed by atoms with Gasteiger partial charge in [-0.1, -0.05) is 19.1 Å². The molecule has 0 aliphatic carbocycles. The highest BCUT2D eigenvalue weighted by atomic mass is 14.8. The third-order valence-corrected chi connectivity index (χ3v) is 2.25. The summed E-state index contributed by atoms with van der Waals surface area (Å²) >= 11 is 0. The van der Waals surface area contributed by atoms with Crippen molar-refractivity contribution in [1.29, 1.82) is 0 Å². The Hall–Kier alpha value is -1.02.